The van der Waals surface area contributed by atoms with Crippen molar-refractivity contribution in [3.63, 3.8) is 0 Å². The lowest BCUT2D eigenvalue weighted by Gasteiger charge is -2.09. The van der Waals surface area contributed by atoms with Crippen LogP contribution in [-0.4, -0.2) is 18.1 Å². The first-order chi connectivity index (χ1) is 5.72. The van der Waals surface area contributed by atoms with Crippen molar-refractivity contribution >= 4 is 0 Å². The summed E-state index contributed by atoms with van der Waals surface area (Å²) in [5.41, 5.74) is 0. The molecule has 0 aliphatic heterocycles. The van der Waals surface area contributed by atoms with Crippen molar-refractivity contribution in [2.75, 3.05) is 13.1 Å². The van der Waals surface area contributed by atoms with Crippen molar-refractivity contribution in [3.05, 3.63) is 0 Å². The Morgan fingerprint density at radius 1 is 0.917 bits per heavy atom. The summed E-state index contributed by atoms with van der Waals surface area (Å²) in [6.07, 6.45) is 5.22. The molecule has 0 aliphatic rings. The summed E-state index contributed by atoms with van der Waals surface area (Å²) < 4.78 is 0. The number of nitrogens with two attached hydrogens (primary N) is 1. The summed E-state index contributed by atoms with van der Waals surface area (Å²) in [5.74, 6) is 5.42. The Kier molecular flexibility index (Phi) is 16.3. The number of hydrazine groups is 1. The van der Waals surface area contributed by atoms with E-state index >= 15 is 0 Å². The molecule has 0 spiro atoms. The molecular weight excluding hydrogens is 148 g/mol. The minimum Gasteiger partial charge on any atom is -0.269 e. The topological polar surface area (TPSA) is 29.3 Å². The Bertz CT molecular complexity index is 62.9. The molecule has 0 heterocycles. The molecule has 0 saturated heterocycles. The van der Waals surface area contributed by atoms with Gasteiger partial charge in [0.2, 0.25) is 0 Å². The van der Waals surface area contributed by atoms with Gasteiger partial charge < -0.3 is 0 Å². The van der Waals surface area contributed by atoms with Gasteiger partial charge in [-0.2, -0.15) is 0 Å². The van der Waals surface area contributed by atoms with Crippen molar-refractivity contribution in [2.45, 2.75) is 53.4 Å². The van der Waals surface area contributed by atoms with Gasteiger partial charge in [0, 0.05) is 13.1 Å². The monoisotopic (exact) mass is 174 g/mol. The van der Waals surface area contributed by atoms with E-state index in [4.69, 9.17) is 5.84 Å². The van der Waals surface area contributed by atoms with Crippen LogP contribution in [0.25, 0.3) is 0 Å². The molecule has 2 N–H and O–H groups in total. The zero-order valence-corrected chi connectivity index (χ0v) is 9.27. The molecule has 0 bridgehead atoms. The molecule has 2 nitrogen and oxygen atoms in total. The molecule has 0 radical (unpaired) electrons. The van der Waals surface area contributed by atoms with Crippen LogP contribution in [0.4, 0.5) is 0 Å². The summed E-state index contributed by atoms with van der Waals surface area (Å²) in [7, 11) is 0. The van der Waals surface area contributed by atoms with Crippen molar-refractivity contribution in [3.8, 4) is 0 Å². The lowest BCUT2D eigenvalue weighted by Crippen LogP contribution is -2.30. The fraction of sp³-hybridized carbons (Fsp3) is 1.00. The van der Waals surface area contributed by atoms with E-state index in [0.29, 0.717) is 0 Å². The van der Waals surface area contributed by atoms with Crippen LogP contribution >= 0.6 is 0 Å². The van der Waals surface area contributed by atoms with Gasteiger partial charge in [-0.05, 0) is 6.42 Å². The van der Waals surface area contributed by atoms with E-state index in [1.807, 2.05) is 0 Å². The molecule has 0 rings (SSSR count). The van der Waals surface area contributed by atoms with E-state index in [9.17, 15) is 0 Å². The molecule has 0 aromatic carbocycles. The van der Waals surface area contributed by atoms with Gasteiger partial charge >= 0.3 is 0 Å². The normalized spacial score (nSPS) is 9.50. The first kappa shape index (κ1) is 14.4. The average Bonchev–Trinajstić information content (AvgIpc) is 2.07. The van der Waals surface area contributed by atoms with E-state index in [-0.39, 0.29) is 0 Å². The molecule has 0 fully saturated rings. The van der Waals surface area contributed by atoms with E-state index in [1.165, 1.54) is 19.3 Å². The summed E-state index contributed by atoms with van der Waals surface area (Å²) in [6.45, 7) is 10.6. The molecule has 0 aromatic heterocycles. The number of rotatable bonds is 5. The van der Waals surface area contributed by atoms with Gasteiger partial charge in [-0.3, -0.25) is 5.84 Å². The molecule has 76 valence electrons. The Morgan fingerprint density at radius 2 is 1.42 bits per heavy atom. The highest BCUT2D eigenvalue weighted by Gasteiger charge is 1.87. The zero-order valence-electron chi connectivity index (χ0n) is 9.27. The third-order valence-electron chi connectivity index (χ3n) is 1.62. The highest BCUT2D eigenvalue weighted by Crippen LogP contribution is 1.88. The van der Waals surface area contributed by atoms with Crippen molar-refractivity contribution in [1.29, 1.82) is 0 Å². The summed E-state index contributed by atoms with van der Waals surface area (Å²) in [6, 6.07) is 0. The minimum absolute atomic E-state index is 0.952. The smallest absolute Gasteiger partial charge is 0.0125 e. The lowest BCUT2D eigenvalue weighted by atomic mass is 10.3. The molecule has 0 aliphatic carbocycles. The van der Waals surface area contributed by atoms with Gasteiger partial charge in [-0.25, -0.2) is 5.01 Å². The van der Waals surface area contributed by atoms with Crippen LogP contribution in [0.2, 0.25) is 0 Å². The molecule has 0 saturated carbocycles. The lowest BCUT2D eigenvalue weighted by molar-refractivity contribution is 0.300. The van der Waals surface area contributed by atoms with Gasteiger partial charge in [0.25, 0.3) is 0 Å². The maximum atomic E-state index is 5.42. The molecule has 0 amide bonds. The molecule has 0 atom stereocenters. The second kappa shape index (κ2) is 13.5. The van der Waals surface area contributed by atoms with Gasteiger partial charge in [0.05, 0.1) is 0 Å². The predicted octanol–water partition coefficient (Wildman–Crippen LogP) is 2.79. The number of nitrogens with zero attached hydrogens (tertiary/aromatic N) is 1. The highest BCUT2D eigenvalue weighted by molar-refractivity contribution is 4.38. The minimum atomic E-state index is 0.952. The van der Waals surface area contributed by atoms with Crippen molar-refractivity contribution in [1.82, 2.24) is 5.01 Å². The number of unbranched alkanes of at least 4 members (excludes halogenated alkanes) is 2. The van der Waals surface area contributed by atoms with Crippen LogP contribution in [-0.2, 0) is 0 Å². The molecule has 0 unspecified atom stereocenters. The second-order valence-electron chi connectivity index (χ2n) is 2.98. The van der Waals surface area contributed by atoms with Crippen LogP contribution in [0.15, 0.2) is 0 Å². The van der Waals surface area contributed by atoms with Gasteiger partial charge in [0.15, 0.2) is 0 Å². The number of hydrogen-bond donors (Lipinski definition) is 1. The quantitative estimate of drug-likeness (QED) is 0.513. The third kappa shape index (κ3) is 16.5. The van der Waals surface area contributed by atoms with E-state index in [2.05, 4.69) is 27.7 Å². The summed E-state index contributed by atoms with van der Waals surface area (Å²) in [5, 5.41) is 1.81. The van der Waals surface area contributed by atoms with Gasteiger partial charge in [-0.15, -0.1) is 0 Å². The summed E-state index contributed by atoms with van der Waals surface area (Å²) in [4.78, 5) is 0. The number of hydrogen-bond acceptors (Lipinski definition) is 2. The van der Waals surface area contributed by atoms with E-state index in [1.54, 1.807) is 5.01 Å². The van der Waals surface area contributed by atoms with Gasteiger partial charge in [0.1, 0.15) is 0 Å². The first-order valence-electron chi connectivity index (χ1n) is 5.22. The largest absolute Gasteiger partial charge is 0.269 e. The zero-order chi connectivity index (χ0) is 9.82. The van der Waals surface area contributed by atoms with E-state index in [0.717, 1.165) is 19.5 Å². The first-order valence-corrected chi connectivity index (χ1v) is 5.22. The molecular formula is C10H26N2. The van der Waals surface area contributed by atoms with Crippen LogP contribution < -0.4 is 5.84 Å². The van der Waals surface area contributed by atoms with Crippen molar-refractivity contribution < 1.29 is 0 Å². The van der Waals surface area contributed by atoms with E-state index < -0.39 is 0 Å². The predicted molar refractivity (Wildman–Crippen MR) is 56.9 cm³/mol. The van der Waals surface area contributed by atoms with Crippen LogP contribution in [0.1, 0.15) is 53.4 Å². The maximum absolute atomic E-state index is 5.42. The highest BCUT2D eigenvalue weighted by atomic mass is 15.4. The molecule has 12 heavy (non-hydrogen) atoms. The van der Waals surface area contributed by atoms with Crippen molar-refractivity contribution in [2.24, 2.45) is 5.84 Å². The third-order valence-corrected chi connectivity index (χ3v) is 1.62. The standard InChI is InChI=1S/C5H14N2.C5H12/c1-3-5-7(6)4-2;1-3-5-4-2/h3-6H2,1-2H3;3-5H2,1-2H3. The fourth-order valence-electron chi connectivity index (χ4n) is 0.799. The average molecular weight is 174 g/mol. The SMILES string of the molecule is CCCCC.CCCN(N)CC. The molecule has 0 aromatic rings. The van der Waals surface area contributed by atoms with Crippen LogP contribution in [0.5, 0.6) is 0 Å². The Labute approximate surface area is 78.1 Å². The molecule has 2 heteroatoms. The Morgan fingerprint density at radius 3 is 1.50 bits per heavy atom. The van der Waals surface area contributed by atoms with Crippen LogP contribution in [0.3, 0.4) is 0 Å². The van der Waals surface area contributed by atoms with Gasteiger partial charge in [-0.1, -0.05) is 47.0 Å². The fourth-order valence-corrected chi connectivity index (χ4v) is 0.799. The maximum Gasteiger partial charge on any atom is 0.0125 e. The Balaban J connectivity index is 0. The summed E-state index contributed by atoms with van der Waals surface area (Å²) >= 11 is 0. The van der Waals surface area contributed by atoms with Crippen LogP contribution in [0, 0.1) is 0 Å². The second-order valence-corrected chi connectivity index (χ2v) is 2.98. The Hall–Kier alpha value is -0.0800.